The highest BCUT2D eigenvalue weighted by molar-refractivity contribution is 5.04. The van der Waals surface area contributed by atoms with Crippen LogP contribution < -0.4 is 0 Å². The van der Waals surface area contributed by atoms with E-state index >= 15 is 0 Å². The Morgan fingerprint density at radius 1 is 1.25 bits per heavy atom. The zero-order valence-corrected chi connectivity index (χ0v) is 12.3. The monoisotopic (exact) mass is 280 g/mol. The van der Waals surface area contributed by atoms with E-state index in [-0.39, 0.29) is 12.1 Å². The largest absolute Gasteiger partial charge is 0.392 e. The molecular formula is C14H24N4O2. The van der Waals surface area contributed by atoms with Gasteiger partial charge < -0.3 is 9.63 Å². The Morgan fingerprint density at radius 2 is 1.95 bits per heavy atom. The summed E-state index contributed by atoms with van der Waals surface area (Å²) in [5, 5.41) is 13.5. The SMILES string of the molecule is C[C@H](O)CN1CCN([C@H](C)c2nc(C3CC3)no2)CC1. The molecule has 20 heavy (non-hydrogen) atoms. The summed E-state index contributed by atoms with van der Waals surface area (Å²) in [6.45, 7) is 8.66. The van der Waals surface area contributed by atoms with E-state index in [1.807, 2.05) is 6.92 Å². The number of aliphatic hydroxyl groups is 1. The number of piperazine rings is 1. The third-order valence-corrected chi connectivity index (χ3v) is 4.23. The molecule has 1 saturated heterocycles. The van der Waals surface area contributed by atoms with Crippen molar-refractivity contribution in [2.75, 3.05) is 32.7 Å². The van der Waals surface area contributed by atoms with Crippen LogP contribution in [0.5, 0.6) is 0 Å². The minimum absolute atomic E-state index is 0.184. The molecule has 0 aromatic carbocycles. The number of aliphatic hydroxyl groups excluding tert-OH is 1. The van der Waals surface area contributed by atoms with Crippen molar-refractivity contribution in [2.45, 2.75) is 44.8 Å². The Kier molecular flexibility index (Phi) is 4.05. The van der Waals surface area contributed by atoms with Crippen molar-refractivity contribution in [3.05, 3.63) is 11.7 Å². The molecule has 3 rings (SSSR count). The van der Waals surface area contributed by atoms with Gasteiger partial charge in [0.1, 0.15) is 0 Å². The standard InChI is InChI=1S/C14H24N4O2/c1-10(19)9-17-5-7-18(8-6-17)11(2)14-15-13(16-20-14)12-3-4-12/h10-12,19H,3-9H2,1-2H3/t10-,11+/m0/s1. The van der Waals surface area contributed by atoms with Gasteiger partial charge in [-0.25, -0.2) is 0 Å². The number of rotatable bonds is 5. The van der Waals surface area contributed by atoms with E-state index in [1.54, 1.807) is 0 Å². The summed E-state index contributed by atoms with van der Waals surface area (Å²) < 4.78 is 5.42. The van der Waals surface area contributed by atoms with Crippen LogP contribution in [0.3, 0.4) is 0 Å². The summed E-state index contributed by atoms with van der Waals surface area (Å²) in [7, 11) is 0. The molecule has 112 valence electrons. The van der Waals surface area contributed by atoms with Crippen molar-refractivity contribution >= 4 is 0 Å². The molecule has 2 heterocycles. The molecule has 0 unspecified atom stereocenters. The van der Waals surface area contributed by atoms with Gasteiger partial charge in [0.2, 0.25) is 5.89 Å². The molecule has 2 atom stereocenters. The molecular weight excluding hydrogens is 256 g/mol. The van der Waals surface area contributed by atoms with Crippen LogP contribution in [0.4, 0.5) is 0 Å². The normalized spacial score (nSPS) is 24.8. The molecule has 1 aromatic heterocycles. The predicted molar refractivity (Wildman–Crippen MR) is 74.4 cm³/mol. The number of hydrogen-bond acceptors (Lipinski definition) is 6. The van der Waals surface area contributed by atoms with Gasteiger partial charge in [-0.2, -0.15) is 4.98 Å². The first-order valence-electron chi connectivity index (χ1n) is 7.61. The lowest BCUT2D eigenvalue weighted by Crippen LogP contribution is -2.48. The molecule has 0 spiro atoms. The molecule has 0 radical (unpaired) electrons. The molecule has 6 nitrogen and oxygen atoms in total. The first-order valence-corrected chi connectivity index (χ1v) is 7.61. The highest BCUT2D eigenvalue weighted by atomic mass is 16.5. The maximum atomic E-state index is 9.43. The summed E-state index contributed by atoms with van der Waals surface area (Å²) >= 11 is 0. The fourth-order valence-electron chi connectivity index (χ4n) is 2.79. The molecule has 0 bridgehead atoms. The van der Waals surface area contributed by atoms with Crippen molar-refractivity contribution in [2.24, 2.45) is 0 Å². The predicted octanol–water partition coefficient (Wildman–Crippen LogP) is 1.01. The van der Waals surface area contributed by atoms with Gasteiger partial charge in [0.05, 0.1) is 12.1 Å². The van der Waals surface area contributed by atoms with Crippen molar-refractivity contribution in [1.29, 1.82) is 0 Å². The number of β-amino-alcohol motifs (C(OH)–C–C–N with tert-alkyl or cyclic N) is 1. The van der Waals surface area contributed by atoms with Gasteiger partial charge in [-0.15, -0.1) is 0 Å². The van der Waals surface area contributed by atoms with Gasteiger partial charge in [-0.3, -0.25) is 9.80 Å². The summed E-state index contributed by atoms with van der Waals surface area (Å²) in [6.07, 6.45) is 2.15. The average molecular weight is 280 g/mol. The number of aromatic nitrogens is 2. The summed E-state index contributed by atoms with van der Waals surface area (Å²) in [5.74, 6) is 2.18. The van der Waals surface area contributed by atoms with Crippen LogP contribution in [-0.2, 0) is 0 Å². The Balaban J connectivity index is 1.53. The van der Waals surface area contributed by atoms with Gasteiger partial charge in [-0.1, -0.05) is 5.16 Å². The van der Waals surface area contributed by atoms with Crippen LogP contribution in [0.25, 0.3) is 0 Å². The highest BCUT2D eigenvalue weighted by Gasteiger charge is 2.31. The average Bonchev–Trinajstić information content (AvgIpc) is 3.16. The van der Waals surface area contributed by atoms with Crippen LogP contribution >= 0.6 is 0 Å². The zero-order chi connectivity index (χ0) is 14.1. The van der Waals surface area contributed by atoms with E-state index in [4.69, 9.17) is 4.52 Å². The molecule has 1 aliphatic carbocycles. The summed E-state index contributed by atoms with van der Waals surface area (Å²) in [4.78, 5) is 9.22. The van der Waals surface area contributed by atoms with E-state index in [0.717, 1.165) is 44.4 Å². The van der Waals surface area contributed by atoms with Crippen LogP contribution in [0.2, 0.25) is 0 Å². The smallest absolute Gasteiger partial charge is 0.243 e. The first-order chi connectivity index (χ1) is 9.63. The van der Waals surface area contributed by atoms with Gasteiger partial charge in [0, 0.05) is 38.6 Å². The third-order valence-electron chi connectivity index (χ3n) is 4.23. The second kappa shape index (κ2) is 5.79. The minimum atomic E-state index is -0.254. The van der Waals surface area contributed by atoms with Gasteiger partial charge >= 0.3 is 0 Å². The van der Waals surface area contributed by atoms with Gasteiger partial charge in [0.15, 0.2) is 5.82 Å². The third kappa shape index (κ3) is 3.19. The van der Waals surface area contributed by atoms with E-state index in [1.165, 1.54) is 12.8 Å². The lowest BCUT2D eigenvalue weighted by atomic mass is 10.2. The molecule has 1 saturated carbocycles. The van der Waals surface area contributed by atoms with Crippen molar-refractivity contribution < 1.29 is 9.63 Å². The minimum Gasteiger partial charge on any atom is -0.392 e. The molecule has 1 aromatic rings. The fourth-order valence-corrected chi connectivity index (χ4v) is 2.79. The van der Waals surface area contributed by atoms with Crippen molar-refractivity contribution in [3.63, 3.8) is 0 Å². The molecule has 0 amide bonds. The summed E-state index contributed by atoms with van der Waals surface area (Å²) in [6, 6.07) is 0.184. The maximum Gasteiger partial charge on any atom is 0.243 e. The lowest BCUT2D eigenvalue weighted by molar-refractivity contribution is 0.0582. The Hall–Kier alpha value is -0.980. The summed E-state index contributed by atoms with van der Waals surface area (Å²) in [5.41, 5.74) is 0. The maximum absolute atomic E-state index is 9.43. The molecule has 6 heteroatoms. The topological polar surface area (TPSA) is 65.6 Å². The lowest BCUT2D eigenvalue weighted by Gasteiger charge is -2.37. The Labute approximate surface area is 119 Å². The second-order valence-electron chi connectivity index (χ2n) is 6.13. The van der Waals surface area contributed by atoms with Gasteiger partial charge in [0.25, 0.3) is 0 Å². The molecule has 1 N–H and O–H groups in total. The van der Waals surface area contributed by atoms with Crippen molar-refractivity contribution in [3.8, 4) is 0 Å². The van der Waals surface area contributed by atoms with Gasteiger partial charge in [-0.05, 0) is 26.7 Å². The Bertz CT molecular complexity index is 436. The van der Waals surface area contributed by atoms with E-state index in [9.17, 15) is 5.11 Å². The van der Waals surface area contributed by atoms with E-state index in [2.05, 4.69) is 26.9 Å². The number of hydrogen-bond donors (Lipinski definition) is 1. The quantitative estimate of drug-likeness (QED) is 0.868. The van der Waals surface area contributed by atoms with E-state index in [0.29, 0.717) is 5.92 Å². The van der Waals surface area contributed by atoms with Crippen LogP contribution in [0.15, 0.2) is 4.52 Å². The van der Waals surface area contributed by atoms with Crippen molar-refractivity contribution in [1.82, 2.24) is 19.9 Å². The number of nitrogens with zero attached hydrogens (tertiary/aromatic N) is 4. The first kappa shape index (κ1) is 14.0. The molecule has 2 aliphatic rings. The van der Waals surface area contributed by atoms with Crippen LogP contribution in [0.1, 0.15) is 50.4 Å². The molecule has 2 fully saturated rings. The fraction of sp³-hybridized carbons (Fsp3) is 0.857. The zero-order valence-electron chi connectivity index (χ0n) is 12.3. The Morgan fingerprint density at radius 3 is 2.55 bits per heavy atom. The highest BCUT2D eigenvalue weighted by Crippen LogP contribution is 2.38. The van der Waals surface area contributed by atoms with E-state index < -0.39 is 0 Å². The molecule has 1 aliphatic heterocycles. The van der Waals surface area contributed by atoms with Crippen LogP contribution in [-0.4, -0.2) is 63.9 Å². The second-order valence-corrected chi connectivity index (χ2v) is 6.13. The van der Waals surface area contributed by atoms with Crippen LogP contribution in [0, 0.1) is 0 Å².